The molecule has 66 heteroatoms. The lowest BCUT2D eigenvalue weighted by atomic mass is 10.1. The van der Waals surface area contributed by atoms with Gasteiger partial charge in [-0.05, 0) is 0 Å². The number of hydrogen-bond donors (Lipinski definition) is 0. The molecule has 0 bridgehead atoms. The Hall–Kier alpha value is -4.61. The van der Waals surface area contributed by atoms with Crippen LogP contribution in [-0.2, 0) is 47.4 Å². The van der Waals surface area contributed by atoms with Gasteiger partial charge in [0.15, 0.2) is 0 Å². The molecule has 0 aromatic heterocycles. The van der Waals surface area contributed by atoms with E-state index >= 15 is 8.78 Å². The molecule has 0 aliphatic carbocycles. The quantitative estimate of drug-likeness (QED) is 0.0615. The van der Waals surface area contributed by atoms with Crippen LogP contribution < -0.4 is 0 Å². The van der Waals surface area contributed by atoms with Crippen LogP contribution in [0.4, 0.5) is 246 Å². The second kappa shape index (κ2) is 23.5. The average Bonchev–Trinajstić information content (AvgIpc) is 0.715. The molecular weight excluding hydrogens is 1560 g/mol. The first-order valence-electron chi connectivity index (χ1n) is 19.0. The second-order valence-corrected chi connectivity index (χ2v) is 15.6. The highest BCUT2D eigenvalue weighted by Gasteiger charge is 2.94. The van der Waals surface area contributed by atoms with Crippen LogP contribution in [0.15, 0.2) is 0 Å². The van der Waals surface area contributed by atoms with E-state index in [1.54, 1.807) is 0 Å². The first-order valence-corrected chi connectivity index (χ1v) is 19.0. The van der Waals surface area contributed by atoms with Crippen LogP contribution in [0.25, 0.3) is 0 Å². The Morgan fingerprint density at radius 3 is 0.351 bits per heavy atom. The molecule has 0 spiro atoms. The summed E-state index contributed by atoms with van der Waals surface area (Å²) < 4.78 is 777. The molecule has 564 valence electrons. The number of hydrogen-bond acceptors (Lipinski definition) is 10. The molecule has 10 nitrogen and oxygen atoms in total. The van der Waals surface area contributed by atoms with Gasteiger partial charge in [0.05, 0.1) is 0 Å². The van der Waals surface area contributed by atoms with Crippen LogP contribution in [0, 0.1) is 0 Å². The van der Waals surface area contributed by atoms with Gasteiger partial charge in [-0.25, -0.2) is 4.74 Å². The Labute approximate surface area is 464 Å². The summed E-state index contributed by atoms with van der Waals surface area (Å²) in [7, 11) is 0. The highest BCUT2D eigenvalue weighted by molar-refractivity contribution is 5.77. The van der Waals surface area contributed by atoms with E-state index in [0.717, 1.165) is 9.47 Å². The molecule has 0 rings (SSSR count). The van der Waals surface area contributed by atoms with Crippen molar-refractivity contribution < 1.29 is 293 Å². The van der Waals surface area contributed by atoms with Crippen molar-refractivity contribution in [3.63, 3.8) is 0 Å². The van der Waals surface area contributed by atoms with Crippen LogP contribution >= 0.6 is 0 Å². The smallest absolute Gasteiger partial charge is 0.263 e. The Morgan fingerprint density at radius 1 is 0.160 bits per heavy atom. The van der Waals surface area contributed by atoms with E-state index < -0.39 is 170 Å². The van der Waals surface area contributed by atoms with Crippen molar-refractivity contribution in [2.24, 2.45) is 0 Å². The van der Waals surface area contributed by atoms with Gasteiger partial charge in [0.1, 0.15) is 0 Å². The summed E-state index contributed by atoms with van der Waals surface area (Å²) in [6, 6.07) is -5.51. The number of carbonyl (C=O) groups is 1. The lowest BCUT2D eigenvalue weighted by Crippen LogP contribution is -2.74. The topological polar surface area (TPSA) is 100 Å². The molecular formula is C28F56O10. The number of halogens is 56. The molecule has 0 heterocycles. The summed E-state index contributed by atoms with van der Waals surface area (Å²) in [6.07, 6.45) is -172. The summed E-state index contributed by atoms with van der Waals surface area (Å²) in [5.74, 6) is -87.8. The Kier molecular flexibility index (Phi) is 22.4. The Balaban J connectivity index is 8.74. The maximum atomic E-state index is 15.0. The van der Waals surface area contributed by atoms with E-state index in [-0.39, 0.29) is 0 Å². The number of alkyl halides is 55. The monoisotopic (exact) mass is 1560 g/mol. The van der Waals surface area contributed by atoms with Crippen LogP contribution in [0.2, 0.25) is 0 Å². The summed E-state index contributed by atoms with van der Waals surface area (Å²) >= 11 is 0. The minimum atomic E-state index is -10.4. The van der Waals surface area contributed by atoms with E-state index in [2.05, 4.69) is 0 Å². The fourth-order valence-corrected chi connectivity index (χ4v) is 4.57. The molecule has 0 aliphatic rings. The number of carbonyl (C=O) groups excluding carboxylic acids is 1. The lowest BCUT2D eigenvalue weighted by molar-refractivity contribution is -0.611. The molecule has 0 radical (unpaired) electrons. The Morgan fingerprint density at radius 2 is 0.266 bits per heavy atom. The van der Waals surface area contributed by atoms with Crippen molar-refractivity contribution >= 4 is 6.04 Å². The molecule has 0 saturated carbocycles. The van der Waals surface area contributed by atoms with Crippen molar-refractivity contribution in [1.82, 2.24) is 0 Å². The van der Waals surface area contributed by atoms with Crippen molar-refractivity contribution in [1.29, 1.82) is 0 Å². The molecule has 0 N–H and O–H groups in total. The first kappa shape index (κ1) is 89.4. The maximum Gasteiger partial charge on any atom is 0.525 e. The van der Waals surface area contributed by atoms with Gasteiger partial charge in [0.25, 0.3) is 0 Å². The first-order chi connectivity index (χ1) is 39.6. The summed E-state index contributed by atoms with van der Waals surface area (Å²) in [6.45, 7) is 0. The molecule has 0 saturated heterocycles. The van der Waals surface area contributed by atoms with Crippen LogP contribution in [0.1, 0.15) is 0 Å². The number of rotatable bonds is 26. The van der Waals surface area contributed by atoms with Gasteiger partial charge in [-0.15, -0.1) is 13.2 Å². The third kappa shape index (κ3) is 15.0. The third-order valence-corrected chi connectivity index (χ3v) is 8.94. The van der Waals surface area contributed by atoms with Gasteiger partial charge < -0.3 is 0 Å². The predicted molar refractivity (Wildman–Crippen MR) is 151 cm³/mol. The van der Waals surface area contributed by atoms with Gasteiger partial charge in [0, 0.05) is 0 Å². The van der Waals surface area contributed by atoms with Gasteiger partial charge in [0.2, 0.25) is 0 Å². The standard InChI is InChI=1S/C28F56O10/c29-1(85)2(30,11(39,40)41)86-20(66,67)3(31,12(42,43)44)87-21(68,69)4(32,13(45,46)47)88-22(70,71)5(33,14(48,49)50)89-23(72,73)6(34,15(51,52)53)90-24(74,75)7(35,16(54,55)56)91-25(76,77)8(36,17(57,58)59)92-26(78,79)9(37,18(60,61)62)93-27(80,81)10(38,19(63,64)65)94-28(82,83)84. The zero-order chi connectivity index (χ0) is 77.4. The molecule has 9 atom stereocenters. The van der Waals surface area contributed by atoms with Gasteiger partial charge in [-0.1, -0.05) is 0 Å². The lowest BCUT2D eigenvalue weighted by Gasteiger charge is -2.45. The molecule has 0 aliphatic heterocycles. The normalized spacial score (nSPS) is 21.5. The van der Waals surface area contributed by atoms with Gasteiger partial charge in [-0.2, -0.15) is 233 Å². The summed E-state index contributed by atoms with van der Waals surface area (Å²) in [4.78, 5) is 10.2. The zero-order valence-corrected chi connectivity index (χ0v) is 39.2. The second-order valence-electron chi connectivity index (χ2n) is 15.6. The van der Waals surface area contributed by atoms with Crippen molar-refractivity contribution in [3.8, 4) is 0 Å². The minimum Gasteiger partial charge on any atom is -0.263 e. The highest BCUT2D eigenvalue weighted by atomic mass is 19.5. The molecule has 0 fully saturated rings. The summed E-state index contributed by atoms with van der Waals surface area (Å²) in [5, 5.41) is 0. The van der Waals surface area contributed by atoms with E-state index in [1.165, 1.54) is 0 Å². The van der Waals surface area contributed by atoms with Crippen LogP contribution in [0.3, 0.4) is 0 Å². The SMILES string of the molecule is O=C(F)C(F)(OC(F)(F)C(F)(OC(F)(F)C(F)(OC(F)(F)C(F)(OC(F)(F)C(F)(OC(F)(F)C(F)(OC(F)(F)C(F)(OC(F)(F)C(F)(OC(F)(F)C(F)(OC(F)(F)F)C(F)(F)F)C(F)(F)F)C(F)(F)F)C(F)(F)F)C(F)(F)F)C(F)(F)F)C(F)(F)F)C(F)(F)F)C(F)(F)F. The minimum absolute atomic E-state index is 0.345. The fourth-order valence-electron chi connectivity index (χ4n) is 4.57. The van der Waals surface area contributed by atoms with Crippen LogP contribution in [-0.4, -0.2) is 170 Å². The van der Waals surface area contributed by atoms with Crippen LogP contribution in [0.5, 0.6) is 0 Å². The van der Waals surface area contributed by atoms with Gasteiger partial charge >= 0.3 is 170 Å². The maximum absolute atomic E-state index is 15.0. The molecule has 0 amide bonds. The molecule has 9 unspecified atom stereocenters. The predicted octanol–water partition coefficient (Wildman–Crippen LogP) is 16.9. The van der Waals surface area contributed by atoms with E-state index in [0.29, 0.717) is 33.2 Å². The molecule has 0 aromatic carbocycles. The molecule has 0 aromatic rings. The highest BCUT2D eigenvalue weighted by Crippen LogP contribution is 2.66. The van der Waals surface area contributed by atoms with Crippen molar-refractivity contribution in [3.05, 3.63) is 0 Å². The van der Waals surface area contributed by atoms with Gasteiger partial charge in [-0.3, -0.25) is 42.7 Å². The third-order valence-electron chi connectivity index (χ3n) is 8.94. The summed E-state index contributed by atoms with van der Waals surface area (Å²) in [5.41, 5.74) is 0. The fraction of sp³-hybridized carbons (Fsp3) is 0.964. The van der Waals surface area contributed by atoms with Crippen molar-refractivity contribution in [2.45, 2.75) is 164 Å². The van der Waals surface area contributed by atoms with Crippen molar-refractivity contribution in [2.75, 3.05) is 0 Å². The average molecular weight is 1560 g/mol. The number of ether oxygens (including phenoxy) is 9. The van der Waals surface area contributed by atoms with E-state index in [4.69, 9.17) is 0 Å². The Bertz CT molecular complexity index is 2640. The van der Waals surface area contributed by atoms with E-state index in [1.807, 2.05) is 0 Å². The zero-order valence-electron chi connectivity index (χ0n) is 39.2. The molecule has 94 heavy (non-hydrogen) atoms. The van der Waals surface area contributed by atoms with E-state index in [9.17, 15) is 242 Å². The largest absolute Gasteiger partial charge is 0.525 e.